The van der Waals surface area contributed by atoms with Gasteiger partial charge in [0, 0.05) is 18.7 Å². The molecule has 1 atom stereocenters. The first-order valence-corrected chi connectivity index (χ1v) is 13.4. The third-order valence-electron chi connectivity index (χ3n) is 6.23. The molecule has 9 heteroatoms. The number of carbonyl (C=O) groups excluding carboxylic acids is 3. The summed E-state index contributed by atoms with van der Waals surface area (Å²) >= 11 is 1.23. The number of hydrogen-bond donors (Lipinski definition) is 2. The molecule has 0 bridgehead atoms. The number of aliphatic imine (C=N–C) groups is 2. The quantitative estimate of drug-likeness (QED) is 0.446. The van der Waals surface area contributed by atoms with Crippen molar-refractivity contribution >= 4 is 46.2 Å². The third kappa shape index (κ3) is 6.00. The van der Waals surface area contributed by atoms with Crippen molar-refractivity contribution in [1.82, 2.24) is 15.5 Å². The second kappa shape index (κ2) is 11.9. The normalized spacial score (nSPS) is 15.7. The fourth-order valence-corrected chi connectivity index (χ4v) is 5.20. The van der Waals surface area contributed by atoms with Crippen LogP contribution in [0.2, 0.25) is 0 Å². The predicted molar refractivity (Wildman–Crippen MR) is 149 cm³/mol. The largest absolute Gasteiger partial charge is 0.356 e. The monoisotopic (exact) mass is 525 g/mol. The number of rotatable bonds is 9. The summed E-state index contributed by atoms with van der Waals surface area (Å²) in [5.41, 5.74) is 3.54. The van der Waals surface area contributed by atoms with Gasteiger partial charge in [0.25, 0.3) is 5.91 Å². The first-order chi connectivity index (χ1) is 18.6. The van der Waals surface area contributed by atoms with Gasteiger partial charge in [-0.1, -0.05) is 84.6 Å². The van der Waals surface area contributed by atoms with E-state index < -0.39 is 11.9 Å². The number of benzene rings is 3. The molecule has 3 aromatic rings. The highest BCUT2D eigenvalue weighted by Gasteiger charge is 2.42. The fraction of sp³-hybridized carbons (Fsp3) is 0.207. The predicted octanol–water partition coefficient (Wildman–Crippen LogP) is 3.44. The van der Waals surface area contributed by atoms with Gasteiger partial charge in [-0.15, -0.1) is 0 Å². The van der Waals surface area contributed by atoms with E-state index in [4.69, 9.17) is 4.99 Å². The lowest BCUT2D eigenvalue weighted by atomic mass is 10.1. The van der Waals surface area contributed by atoms with Gasteiger partial charge in [0.05, 0.1) is 17.9 Å². The summed E-state index contributed by atoms with van der Waals surface area (Å²) in [4.78, 5) is 49.1. The molecule has 0 fully saturated rings. The lowest BCUT2D eigenvalue weighted by molar-refractivity contribution is -0.126. The van der Waals surface area contributed by atoms with Crippen LogP contribution in [0.4, 0.5) is 5.69 Å². The average Bonchev–Trinajstić information content (AvgIpc) is 3.27. The van der Waals surface area contributed by atoms with Gasteiger partial charge in [-0.05, 0) is 29.7 Å². The average molecular weight is 526 g/mol. The smallest absolute Gasteiger partial charge is 0.271 e. The summed E-state index contributed by atoms with van der Waals surface area (Å²) in [6.45, 7) is 0.897. The van der Waals surface area contributed by atoms with Crippen LogP contribution in [-0.4, -0.2) is 52.0 Å². The van der Waals surface area contributed by atoms with Crippen LogP contribution in [0.1, 0.15) is 23.1 Å². The molecule has 192 valence electrons. The zero-order valence-electron chi connectivity index (χ0n) is 20.7. The highest BCUT2D eigenvalue weighted by molar-refractivity contribution is 8.14. The number of carbonyl (C=O) groups is 3. The number of para-hydroxylation sites is 1. The Balaban J connectivity index is 1.25. The Morgan fingerprint density at radius 3 is 2.26 bits per heavy atom. The molecule has 1 unspecified atom stereocenters. The molecule has 2 N–H and O–H groups in total. The van der Waals surface area contributed by atoms with Crippen molar-refractivity contribution in [3.63, 3.8) is 0 Å². The molecule has 0 saturated heterocycles. The Hall–Kier alpha value is -4.24. The molecule has 0 aliphatic carbocycles. The number of nitrogens with one attached hydrogen (secondary N) is 2. The minimum Gasteiger partial charge on any atom is -0.356 e. The minimum atomic E-state index is -0.811. The Morgan fingerprint density at radius 1 is 0.816 bits per heavy atom. The van der Waals surface area contributed by atoms with Crippen LogP contribution in [0, 0.1) is 0 Å². The molecule has 38 heavy (non-hydrogen) atoms. The van der Waals surface area contributed by atoms with Crippen LogP contribution in [0.3, 0.4) is 0 Å². The molecule has 3 amide bonds. The van der Waals surface area contributed by atoms with E-state index in [2.05, 4.69) is 15.6 Å². The van der Waals surface area contributed by atoms with Crippen molar-refractivity contribution < 1.29 is 14.4 Å². The lowest BCUT2D eigenvalue weighted by Crippen LogP contribution is -2.46. The maximum Gasteiger partial charge on any atom is 0.271 e. The van der Waals surface area contributed by atoms with Crippen molar-refractivity contribution in [3.05, 3.63) is 102 Å². The van der Waals surface area contributed by atoms with Gasteiger partial charge in [0.2, 0.25) is 11.8 Å². The van der Waals surface area contributed by atoms with Crippen molar-refractivity contribution in [3.8, 4) is 0 Å². The number of amidine groups is 2. The molecule has 5 rings (SSSR count). The Morgan fingerprint density at radius 2 is 1.50 bits per heavy atom. The van der Waals surface area contributed by atoms with Gasteiger partial charge in [-0.25, -0.2) is 4.99 Å². The van der Waals surface area contributed by atoms with E-state index in [9.17, 15) is 14.4 Å². The van der Waals surface area contributed by atoms with Gasteiger partial charge in [0.15, 0.2) is 5.17 Å². The summed E-state index contributed by atoms with van der Waals surface area (Å²) in [6.07, 6.45) is 0.646. The summed E-state index contributed by atoms with van der Waals surface area (Å²) in [5.74, 6) is -0.201. The van der Waals surface area contributed by atoms with Crippen molar-refractivity contribution in [2.45, 2.75) is 25.4 Å². The molecule has 0 radical (unpaired) electrons. The number of nitrogens with zero attached hydrogens (tertiary/aromatic N) is 3. The van der Waals surface area contributed by atoms with Crippen LogP contribution in [-0.2, 0) is 27.3 Å². The van der Waals surface area contributed by atoms with E-state index in [-0.39, 0.29) is 24.0 Å². The van der Waals surface area contributed by atoms with Crippen LogP contribution in [0.5, 0.6) is 0 Å². The molecule has 3 aromatic carbocycles. The van der Waals surface area contributed by atoms with E-state index in [0.29, 0.717) is 36.2 Å². The molecular formula is C29H27N5O3S. The number of thioether (sulfide) groups is 1. The summed E-state index contributed by atoms with van der Waals surface area (Å²) in [7, 11) is 0. The molecular weight excluding hydrogens is 498 g/mol. The van der Waals surface area contributed by atoms with Gasteiger partial charge in [0.1, 0.15) is 11.9 Å². The maximum atomic E-state index is 13.0. The summed E-state index contributed by atoms with van der Waals surface area (Å²) < 4.78 is 0. The van der Waals surface area contributed by atoms with E-state index in [0.717, 1.165) is 16.7 Å². The van der Waals surface area contributed by atoms with Crippen LogP contribution in [0.25, 0.3) is 0 Å². The second-order valence-electron chi connectivity index (χ2n) is 8.91. The number of fused-ring (bicyclic) bond motifs is 3. The molecule has 8 nitrogen and oxygen atoms in total. The maximum absolute atomic E-state index is 13.0. The molecule has 2 aliphatic rings. The minimum absolute atomic E-state index is 0.0530. The highest BCUT2D eigenvalue weighted by Crippen LogP contribution is 2.34. The standard InChI is InChI=1S/C29H27N5O3S/c35-25(30-16-15-20-9-3-1-4-10-20)17-24-28(37)33-27-22-13-7-8-14-23(22)32-29(34(24)27)38-19-26(36)31-18-21-11-5-2-6-12-21/h1-14,24H,15-19H2,(H,30,35)(H,31,36). The molecule has 0 aromatic heterocycles. The van der Waals surface area contributed by atoms with Crippen molar-refractivity contribution in [2.24, 2.45) is 9.98 Å². The molecule has 2 heterocycles. The van der Waals surface area contributed by atoms with Crippen molar-refractivity contribution in [2.75, 3.05) is 12.3 Å². The zero-order chi connectivity index (χ0) is 26.3. The van der Waals surface area contributed by atoms with E-state index in [1.54, 1.807) is 4.90 Å². The summed E-state index contributed by atoms with van der Waals surface area (Å²) in [6, 6.07) is 26.2. The Bertz CT molecular complexity index is 1390. The number of hydrogen-bond acceptors (Lipinski definition) is 6. The van der Waals surface area contributed by atoms with E-state index in [1.165, 1.54) is 11.8 Å². The number of amides is 3. The topological polar surface area (TPSA) is 103 Å². The summed E-state index contributed by atoms with van der Waals surface area (Å²) in [5, 5.41) is 6.30. The van der Waals surface area contributed by atoms with E-state index in [1.807, 2.05) is 84.9 Å². The van der Waals surface area contributed by atoms with Crippen LogP contribution in [0.15, 0.2) is 94.9 Å². The Labute approximate surface area is 225 Å². The first-order valence-electron chi connectivity index (χ1n) is 12.4. The molecule has 2 aliphatic heterocycles. The van der Waals surface area contributed by atoms with Crippen LogP contribution < -0.4 is 10.6 Å². The molecule has 0 spiro atoms. The third-order valence-corrected chi connectivity index (χ3v) is 7.18. The first kappa shape index (κ1) is 25.4. The van der Waals surface area contributed by atoms with Gasteiger partial charge in [-0.2, -0.15) is 4.99 Å². The lowest BCUT2D eigenvalue weighted by Gasteiger charge is -2.30. The highest BCUT2D eigenvalue weighted by atomic mass is 32.2. The van der Waals surface area contributed by atoms with Gasteiger partial charge in [-0.3, -0.25) is 19.3 Å². The molecule has 0 saturated carbocycles. The second-order valence-corrected chi connectivity index (χ2v) is 9.85. The van der Waals surface area contributed by atoms with Gasteiger partial charge >= 0.3 is 0 Å². The zero-order valence-corrected chi connectivity index (χ0v) is 21.5. The fourth-order valence-electron chi connectivity index (χ4n) is 4.32. The Kier molecular flexibility index (Phi) is 7.94. The van der Waals surface area contributed by atoms with Crippen LogP contribution >= 0.6 is 11.8 Å². The van der Waals surface area contributed by atoms with E-state index >= 15 is 0 Å². The van der Waals surface area contributed by atoms with Crippen molar-refractivity contribution in [1.29, 1.82) is 0 Å². The van der Waals surface area contributed by atoms with Gasteiger partial charge < -0.3 is 10.6 Å². The SMILES string of the molecule is O=C(CSC1=Nc2ccccc2C2=NC(=O)C(CC(=O)NCCc3ccccc3)N12)NCc1ccccc1.